The normalized spacial score (nSPS) is 11.0. The Balaban J connectivity index is 2.42. The first kappa shape index (κ1) is 15.4. The van der Waals surface area contributed by atoms with Gasteiger partial charge in [-0.05, 0) is 52.7 Å². The second-order valence-corrected chi connectivity index (χ2v) is 5.22. The van der Waals surface area contributed by atoms with Gasteiger partial charge in [-0.2, -0.15) is 18.4 Å². The highest BCUT2D eigenvalue weighted by molar-refractivity contribution is 9.10. The van der Waals surface area contributed by atoms with Crippen LogP contribution in [0.2, 0.25) is 0 Å². The van der Waals surface area contributed by atoms with Crippen LogP contribution in [0.5, 0.6) is 0 Å². The molecule has 0 aliphatic heterocycles. The van der Waals surface area contributed by atoms with Crippen molar-refractivity contribution >= 4 is 27.3 Å². The maximum atomic E-state index is 12.6. The molecule has 0 saturated carbocycles. The monoisotopic (exact) mass is 354 g/mol. The smallest absolute Gasteiger partial charge is 0.354 e. The lowest BCUT2D eigenvalue weighted by Crippen LogP contribution is -2.06. The van der Waals surface area contributed by atoms with Gasteiger partial charge in [-0.1, -0.05) is 12.1 Å². The molecule has 1 N–H and O–H groups in total. The summed E-state index contributed by atoms with van der Waals surface area (Å²) in [6.45, 7) is 1.90. The summed E-state index contributed by atoms with van der Waals surface area (Å²) in [5.41, 5.74) is 1.10. The molecule has 6 heteroatoms. The lowest BCUT2D eigenvalue weighted by atomic mass is 10.1. The van der Waals surface area contributed by atoms with E-state index in [1.54, 1.807) is 12.1 Å². The molecule has 0 atom stereocenters. The van der Waals surface area contributed by atoms with Crippen LogP contribution in [-0.2, 0) is 6.18 Å². The van der Waals surface area contributed by atoms with Gasteiger partial charge in [0.2, 0.25) is 0 Å². The predicted molar refractivity (Wildman–Crippen MR) is 78.3 cm³/mol. The predicted octanol–water partition coefficient (Wildman–Crippen LogP) is 5.39. The first-order valence-electron chi connectivity index (χ1n) is 5.96. The summed E-state index contributed by atoms with van der Waals surface area (Å²) >= 11 is 3.40. The molecule has 0 amide bonds. The van der Waals surface area contributed by atoms with Crippen LogP contribution in [0.1, 0.15) is 16.7 Å². The number of halogens is 4. The fraction of sp³-hybridized carbons (Fsp3) is 0.133. The van der Waals surface area contributed by atoms with Gasteiger partial charge in [-0.3, -0.25) is 0 Å². The second kappa shape index (κ2) is 5.78. The van der Waals surface area contributed by atoms with E-state index in [-0.39, 0.29) is 5.56 Å². The minimum Gasteiger partial charge on any atom is -0.354 e. The molecule has 0 aromatic heterocycles. The van der Waals surface area contributed by atoms with E-state index in [1.807, 2.05) is 19.1 Å². The van der Waals surface area contributed by atoms with Crippen molar-refractivity contribution in [1.29, 1.82) is 5.26 Å². The Morgan fingerprint density at radius 3 is 2.48 bits per heavy atom. The number of nitrogens with zero attached hydrogens (tertiary/aromatic N) is 1. The molecule has 2 aromatic carbocycles. The highest BCUT2D eigenvalue weighted by Crippen LogP contribution is 2.34. The van der Waals surface area contributed by atoms with Crippen molar-refractivity contribution in [3.05, 3.63) is 57.6 Å². The van der Waals surface area contributed by atoms with Gasteiger partial charge in [0.25, 0.3) is 0 Å². The largest absolute Gasteiger partial charge is 0.416 e. The number of hydrogen-bond donors (Lipinski definition) is 1. The summed E-state index contributed by atoms with van der Waals surface area (Å²) < 4.78 is 38.7. The van der Waals surface area contributed by atoms with Crippen molar-refractivity contribution in [2.45, 2.75) is 13.1 Å². The van der Waals surface area contributed by atoms with Crippen molar-refractivity contribution in [1.82, 2.24) is 0 Å². The number of alkyl halides is 3. The Hall–Kier alpha value is -2.00. The van der Waals surface area contributed by atoms with E-state index in [2.05, 4.69) is 21.2 Å². The van der Waals surface area contributed by atoms with E-state index < -0.39 is 11.7 Å². The maximum Gasteiger partial charge on any atom is 0.416 e. The Bertz CT molecular complexity index is 718. The van der Waals surface area contributed by atoms with Crippen molar-refractivity contribution in [3.63, 3.8) is 0 Å². The van der Waals surface area contributed by atoms with Gasteiger partial charge < -0.3 is 5.32 Å². The number of hydrogen-bond acceptors (Lipinski definition) is 2. The lowest BCUT2D eigenvalue weighted by molar-refractivity contribution is -0.137. The summed E-state index contributed by atoms with van der Waals surface area (Å²) in [6.07, 6.45) is -4.46. The molecule has 2 aromatic rings. The molecule has 0 aliphatic rings. The molecule has 2 rings (SSSR count). The Kier molecular flexibility index (Phi) is 4.24. The van der Waals surface area contributed by atoms with Gasteiger partial charge in [0.15, 0.2) is 0 Å². The number of anilines is 2. The third-order valence-electron chi connectivity index (χ3n) is 2.93. The number of benzene rings is 2. The first-order chi connectivity index (χ1) is 9.82. The first-order valence-corrected chi connectivity index (χ1v) is 6.75. The molecule has 0 radical (unpaired) electrons. The molecular formula is C15H10BrF3N2. The number of aryl methyl sites for hydroxylation is 1. The minimum atomic E-state index is -4.46. The van der Waals surface area contributed by atoms with Crippen LogP contribution in [-0.4, -0.2) is 0 Å². The Morgan fingerprint density at radius 1 is 1.14 bits per heavy atom. The highest BCUT2D eigenvalue weighted by atomic mass is 79.9. The van der Waals surface area contributed by atoms with Crippen LogP contribution in [0.3, 0.4) is 0 Å². The quantitative estimate of drug-likeness (QED) is 0.784. The number of rotatable bonds is 2. The molecule has 21 heavy (non-hydrogen) atoms. The van der Waals surface area contributed by atoms with Gasteiger partial charge in [0.05, 0.1) is 22.5 Å². The lowest BCUT2D eigenvalue weighted by Gasteiger charge is -2.13. The zero-order chi connectivity index (χ0) is 15.6. The van der Waals surface area contributed by atoms with Gasteiger partial charge in [-0.15, -0.1) is 0 Å². The highest BCUT2D eigenvalue weighted by Gasteiger charge is 2.31. The van der Waals surface area contributed by atoms with E-state index in [9.17, 15) is 13.2 Å². The van der Waals surface area contributed by atoms with Crippen molar-refractivity contribution < 1.29 is 13.2 Å². The average molecular weight is 355 g/mol. The van der Waals surface area contributed by atoms with Crippen LogP contribution < -0.4 is 5.32 Å². The van der Waals surface area contributed by atoms with E-state index in [0.717, 1.165) is 22.2 Å². The molecule has 2 nitrogen and oxygen atoms in total. The molecular weight excluding hydrogens is 345 g/mol. The minimum absolute atomic E-state index is 0.0572. The van der Waals surface area contributed by atoms with Crippen molar-refractivity contribution in [2.24, 2.45) is 0 Å². The number of nitrogens with one attached hydrogen (secondary N) is 1. The van der Waals surface area contributed by atoms with E-state index in [0.29, 0.717) is 11.4 Å². The molecule has 0 spiro atoms. The van der Waals surface area contributed by atoms with Crippen LogP contribution in [0.25, 0.3) is 0 Å². The van der Waals surface area contributed by atoms with Crippen LogP contribution in [0.4, 0.5) is 24.5 Å². The van der Waals surface area contributed by atoms with Gasteiger partial charge in [0.1, 0.15) is 6.07 Å². The maximum absolute atomic E-state index is 12.6. The van der Waals surface area contributed by atoms with Gasteiger partial charge in [0, 0.05) is 4.47 Å². The number of nitriles is 1. The van der Waals surface area contributed by atoms with Crippen LogP contribution in [0, 0.1) is 18.3 Å². The Morgan fingerprint density at radius 2 is 1.86 bits per heavy atom. The molecule has 0 aliphatic carbocycles. The zero-order valence-corrected chi connectivity index (χ0v) is 12.5. The average Bonchev–Trinajstić information content (AvgIpc) is 2.43. The topological polar surface area (TPSA) is 35.8 Å². The molecule has 108 valence electrons. The summed E-state index contributed by atoms with van der Waals surface area (Å²) in [4.78, 5) is 0. The van der Waals surface area contributed by atoms with Gasteiger partial charge >= 0.3 is 6.18 Å². The van der Waals surface area contributed by atoms with E-state index >= 15 is 0 Å². The summed E-state index contributed by atoms with van der Waals surface area (Å²) in [5.74, 6) is 0. The SMILES string of the molecule is Cc1cccc(Nc2ccc(C(F)(F)F)cc2C#N)c1Br. The van der Waals surface area contributed by atoms with Gasteiger partial charge in [-0.25, -0.2) is 0 Å². The van der Waals surface area contributed by atoms with E-state index in [1.165, 1.54) is 6.07 Å². The van der Waals surface area contributed by atoms with Crippen LogP contribution in [0.15, 0.2) is 40.9 Å². The van der Waals surface area contributed by atoms with Crippen molar-refractivity contribution in [3.8, 4) is 6.07 Å². The third-order valence-corrected chi connectivity index (χ3v) is 3.98. The van der Waals surface area contributed by atoms with Crippen molar-refractivity contribution in [2.75, 3.05) is 5.32 Å². The molecule has 0 bridgehead atoms. The fourth-order valence-corrected chi connectivity index (χ4v) is 2.17. The third kappa shape index (κ3) is 3.37. The second-order valence-electron chi connectivity index (χ2n) is 4.43. The summed E-state index contributed by atoms with van der Waals surface area (Å²) in [7, 11) is 0. The standard InChI is InChI=1S/C15H10BrF3N2/c1-9-3-2-4-13(14(9)16)21-12-6-5-11(15(17,18)19)7-10(12)8-20/h2-7,21H,1H3. The van der Waals surface area contributed by atoms with E-state index in [4.69, 9.17) is 5.26 Å². The molecule has 0 saturated heterocycles. The molecule has 0 fully saturated rings. The molecule has 0 unspecified atom stereocenters. The molecule has 0 heterocycles. The summed E-state index contributed by atoms with van der Waals surface area (Å²) in [5, 5.41) is 12.0. The fourth-order valence-electron chi connectivity index (χ4n) is 1.81. The Labute approximate surface area is 128 Å². The summed E-state index contributed by atoms with van der Waals surface area (Å²) in [6, 6.07) is 10.3. The van der Waals surface area contributed by atoms with Crippen LogP contribution >= 0.6 is 15.9 Å². The zero-order valence-electron chi connectivity index (χ0n) is 10.9.